The van der Waals surface area contributed by atoms with Crippen LogP contribution in [-0.4, -0.2) is 47.6 Å². The molecule has 1 saturated heterocycles. The van der Waals surface area contributed by atoms with Crippen molar-refractivity contribution in [2.24, 2.45) is 5.92 Å². The number of aliphatic hydroxyl groups is 1. The van der Waals surface area contributed by atoms with Crippen LogP contribution < -0.4 is 10.1 Å². The molecule has 1 heterocycles. The van der Waals surface area contributed by atoms with E-state index >= 15 is 0 Å². The van der Waals surface area contributed by atoms with Crippen molar-refractivity contribution in [3.63, 3.8) is 0 Å². The molecule has 2 rings (SSSR count). The van der Waals surface area contributed by atoms with Crippen LogP contribution in [-0.2, 0) is 16.1 Å². The van der Waals surface area contributed by atoms with E-state index in [-0.39, 0.29) is 24.3 Å². The fraction of sp³-hybridized carbons (Fsp3) is 0.455. The first-order chi connectivity index (χ1) is 13.4. The zero-order chi connectivity index (χ0) is 20.6. The maximum atomic E-state index is 12.6. The lowest BCUT2D eigenvalue weighted by Gasteiger charge is -2.33. The molecular formula is C22H30N2O4. The Kier molecular flexibility index (Phi) is 7.81. The van der Waals surface area contributed by atoms with Crippen molar-refractivity contribution in [2.75, 3.05) is 20.2 Å². The summed E-state index contributed by atoms with van der Waals surface area (Å²) in [5.74, 6) is 0.344. The highest BCUT2D eigenvalue weighted by atomic mass is 16.5. The summed E-state index contributed by atoms with van der Waals surface area (Å²) >= 11 is 0. The van der Waals surface area contributed by atoms with E-state index in [0.717, 1.165) is 11.3 Å². The number of hydrogen-bond donors (Lipinski definition) is 2. The lowest BCUT2D eigenvalue weighted by molar-refractivity contribution is -0.139. The Bertz CT molecular complexity index is 706. The van der Waals surface area contributed by atoms with Crippen LogP contribution in [0.15, 0.2) is 49.6 Å². The Hall–Kier alpha value is -2.60. The van der Waals surface area contributed by atoms with Gasteiger partial charge in [-0.1, -0.05) is 24.3 Å². The molecule has 0 aliphatic carbocycles. The molecule has 1 aromatic carbocycles. The first-order valence-corrected chi connectivity index (χ1v) is 9.53. The van der Waals surface area contributed by atoms with Gasteiger partial charge in [0.25, 0.3) is 0 Å². The van der Waals surface area contributed by atoms with Gasteiger partial charge in [-0.25, -0.2) is 0 Å². The van der Waals surface area contributed by atoms with Gasteiger partial charge in [-0.15, -0.1) is 13.2 Å². The summed E-state index contributed by atoms with van der Waals surface area (Å²) in [6.45, 7) is 8.25. The molecule has 1 aliphatic rings. The summed E-state index contributed by atoms with van der Waals surface area (Å²) in [6, 6.07) is 7.56. The quantitative estimate of drug-likeness (QED) is 0.606. The molecule has 0 spiro atoms. The maximum absolute atomic E-state index is 12.6. The number of methoxy groups -OCH3 is 1. The average Bonchev–Trinajstić information content (AvgIpc) is 2.68. The average molecular weight is 386 g/mol. The van der Waals surface area contributed by atoms with Crippen LogP contribution in [0.25, 0.3) is 0 Å². The van der Waals surface area contributed by atoms with E-state index < -0.39 is 5.60 Å². The molecule has 0 aromatic heterocycles. The second-order valence-corrected chi connectivity index (χ2v) is 7.29. The van der Waals surface area contributed by atoms with Crippen molar-refractivity contribution in [2.45, 2.75) is 37.8 Å². The van der Waals surface area contributed by atoms with Gasteiger partial charge >= 0.3 is 0 Å². The number of nitrogens with zero attached hydrogens (tertiary/aromatic N) is 1. The summed E-state index contributed by atoms with van der Waals surface area (Å²) < 4.78 is 5.23. The third kappa shape index (κ3) is 5.96. The van der Waals surface area contributed by atoms with Crippen molar-refractivity contribution < 1.29 is 19.4 Å². The number of piperidine rings is 1. The molecule has 0 saturated carbocycles. The molecule has 0 radical (unpaired) electrons. The third-order valence-corrected chi connectivity index (χ3v) is 5.02. The fourth-order valence-corrected chi connectivity index (χ4v) is 3.43. The van der Waals surface area contributed by atoms with Crippen molar-refractivity contribution in [3.05, 3.63) is 55.1 Å². The first-order valence-electron chi connectivity index (χ1n) is 9.53. The van der Waals surface area contributed by atoms with Crippen molar-refractivity contribution in [3.8, 4) is 5.75 Å². The molecule has 6 heteroatoms. The number of nitrogens with one attached hydrogen (secondary N) is 1. The largest absolute Gasteiger partial charge is 0.497 e. The van der Waals surface area contributed by atoms with Gasteiger partial charge in [0.05, 0.1) is 18.6 Å². The molecule has 152 valence electrons. The van der Waals surface area contributed by atoms with E-state index in [2.05, 4.69) is 18.5 Å². The predicted octanol–water partition coefficient (Wildman–Crippen LogP) is 2.43. The molecule has 1 aliphatic heterocycles. The number of ether oxygens (including phenoxy) is 1. The molecule has 1 fully saturated rings. The van der Waals surface area contributed by atoms with Gasteiger partial charge in [0.2, 0.25) is 11.8 Å². The van der Waals surface area contributed by atoms with E-state index in [1.165, 1.54) is 0 Å². The summed E-state index contributed by atoms with van der Waals surface area (Å²) in [5, 5.41) is 13.4. The van der Waals surface area contributed by atoms with Gasteiger partial charge in [-0.2, -0.15) is 0 Å². The van der Waals surface area contributed by atoms with Gasteiger partial charge in [-0.05, 0) is 37.0 Å². The zero-order valence-electron chi connectivity index (χ0n) is 16.5. The minimum absolute atomic E-state index is 0.0432. The monoisotopic (exact) mass is 386 g/mol. The number of benzene rings is 1. The summed E-state index contributed by atoms with van der Waals surface area (Å²) in [6.07, 6.45) is 4.84. The van der Waals surface area contributed by atoms with Gasteiger partial charge in [0.15, 0.2) is 0 Å². The molecule has 1 aromatic rings. The lowest BCUT2D eigenvalue weighted by Crippen LogP contribution is -2.49. The second kappa shape index (κ2) is 10.1. The molecular weight excluding hydrogens is 356 g/mol. The van der Waals surface area contributed by atoms with Crippen LogP contribution >= 0.6 is 0 Å². The van der Waals surface area contributed by atoms with Crippen LogP contribution in [0.3, 0.4) is 0 Å². The van der Waals surface area contributed by atoms with Crippen LogP contribution in [0.1, 0.15) is 31.2 Å². The third-order valence-electron chi connectivity index (χ3n) is 5.02. The Morgan fingerprint density at radius 2 is 2.11 bits per heavy atom. The zero-order valence-corrected chi connectivity index (χ0v) is 16.5. The molecule has 1 atom stereocenters. The minimum Gasteiger partial charge on any atom is -0.497 e. The van der Waals surface area contributed by atoms with Crippen molar-refractivity contribution in [1.29, 1.82) is 0 Å². The van der Waals surface area contributed by atoms with Crippen molar-refractivity contribution >= 4 is 11.8 Å². The number of hydrogen-bond acceptors (Lipinski definition) is 4. The molecule has 2 amide bonds. The highest BCUT2D eigenvalue weighted by Crippen LogP contribution is 2.22. The normalized spacial score (nSPS) is 17.1. The van der Waals surface area contributed by atoms with Gasteiger partial charge in [-0.3, -0.25) is 9.59 Å². The topological polar surface area (TPSA) is 78.9 Å². The summed E-state index contributed by atoms with van der Waals surface area (Å²) in [7, 11) is 1.60. The smallest absolute Gasteiger partial charge is 0.225 e. The molecule has 0 bridgehead atoms. The fourth-order valence-electron chi connectivity index (χ4n) is 3.43. The maximum Gasteiger partial charge on any atom is 0.225 e. The number of likely N-dealkylation sites (tertiary alicyclic amines) is 1. The van der Waals surface area contributed by atoms with Gasteiger partial charge in [0.1, 0.15) is 5.75 Å². The Morgan fingerprint density at radius 3 is 2.75 bits per heavy atom. The van der Waals surface area contributed by atoms with Crippen LogP contribution in [0.5, 0.6) is 5.75 Å². The van der Waals surface area contributed by atoms with Crippen LogP contribution in [0, 0.1) is 5.92 Å². The first kappa shape index (κ1) is 21.7. The molecule has 1 unspecified atom stereocenters. The second-order valence-electron chi connectivity index (χ2n) is 7.29. The van der Waals surface area contributed by atoms with Crippen LogP contribution in [0.4, 0.5) is 0 Å². The summed E-state index contributed by atoms with van der Waals surface area (Å²) in [4.78, 5) is 26.6. The highest BCUT2D eigenvalue weighted by Gasteiger charge is 2.32. The SMILES string of the molecule is C=CCC(O)(CC=C)CNC(=O)C1CCC(=O)N(Cc2cccc(OC)c2)C1. The highest BCUT2D eigenvalue weighted by molar-refractivity contribution is 5.83. The van der Waals surface area contributed by atoms with E-state index in [9.17, 15) is 14.7 Å². The van der Waals surface area contributed by atoms with Gasteiger partial charge < -0.3 is 20.1 Å². The standard InChI is InChI=1S/C22H30N2O4/c1-4-11-22(27,12-5-2)16-23-21(26)18-9-10-20(25)24(15-18)14-17-7-6-8-19(13-17)28-3/h4-8,13,18,27H,1-2,9-12,14-16H2,3H3,(H,23,26). The Labute approximate surface area is 166 Å². The van der Waals surface area contributed by atoms with E-state index in [1.807, 2.05) is 24.3 Å². The van der Waals surface area contributed by atoms with E-state index in [0.29, 0.717) is 38.8 Å². The predicted molar refractivity (Wildman–Crippen MR) is 109 cm³/mol. The number of carbonyl (C=O) groups excluding carboxylic acids is 2. The number of amides is 2. The van der Waals surface area contributed by atoms with Crippen molar-refractivity contribution in [1.82, 2.24) is 10.2 Å². The molecule has 6 nitrogen and oxygen atoms in total. The van der Waals surface area contributed by atoms with Crippen LogP contribution in [0.2, 0.25) is 0 Å². The minimum atomic E-state index is -1.08. The molecule has 2 N–H and O–H groups in total. The Morgan fingerprint density at radius 1 is 1.39 bits per heavy atom. The number of carbonyl (C=O) groups is 2. The van der Waals surface area contributed by atoms with E-state index in [4.69, 9.17) is 4.74 Å². The summed E-state index contributed by atoms with van der Waals surface area (Å²) in [5.41, 5.74) is -0.121. The molecule has 28 heavy (non-hydrogen) atoms. The number of rotatable bonds is 10. The van der Waals surface area contributed by atoms with E-state index in [1.54, 1.807) is 24.2 Å². The van der Waals surface area contributed by atoms with Gasteiger partial charge in [0, 0.05) is 26.1 Å². The lowest BCUT2D eigenvalue weighted by atomic mass is 9.93. The Balaban J connectivity index is 1.96.